The molecule has 0 spiro atoms. The molecule has 0 fully saturated rings. The number of allylic oxidation sites excluding steroid dienone is 2. The fraction of sp³-hybridized carbons (Fsp3) is 0. The summed E-state index contributed by atoms with van der Waals surface area (Å²) < 4.78 is 33.0. The van der Waals surface area contributed by atoms with Gasteiger partial charge in [0.05, 0.1) is 0 Å². The van der Waals surface area contributed by atoms with Gasteiger partial charge in [0.1, 0.15) is 0 Å². The van der Waals surface area contributed by atoms with Gasteiger partial charge in [-0.3, -0.25) is 9.35 Å². The molecule has 2 aromatic carbocycles. The molecule has 0 bridgehead atoms. The Hall–Kier alpha value is -2.32. The van der Waals surface area contributed by atoms with Crippen molar-refractivity contribution in [1.82, 2.24) is 0 Å². The van der Waals surface area contributed by atoms with Crippen molar-refractivity contribution in [2.45, 2.75) is 4.21 Å². The van der Waals surface area contributed by atoms with E-state index in [2.05, 4.69) is 15.9 Å². The normalized spacial score (nSPS) is 12.1. The second kappa shape index (κ2) is 8.79. The van der Waals surface area contributed by atoms with Crippen LogP contribution in [0.2, 0.25) is 0 Å². The topological polar surface area (TPSA) is 71.4 Å². The van der Waals surface area contributed by atoms with Crippen LogP contribution in [0.4, 0.5) is 0 Å². The Balaban J connectivity index is 1.72. The maximum Gasteiger partial charge on any atom is 0.304 e. The van der Waals surface area contributed by atoms with Crippen LogP contribution in [-0.2, 0) is 14.9 Å². The quantitative estimate of drug-likeness (QED) is 0.366. The Morgan fingerprint density at radius 2 is 1.64 bits per heavy atom. The van der Waals surface area contributed by atoms with Gasteiger partial charge < -0.3 is 0 Å². The van der Waals surface area contributed by atoms with Crippen LogP contribution in [0, 0.1) is 0 Å². The van der Waals surface area contributed by atoms with Crippen LogP contribution in [0.3, 0.4) is 0 Å². The lowest BCUT2D eigenvalue weighted by Crippen LogP contribution is -1.96. The van der Waals surface area contributed by atoms with E-state index in [1.54, 1.807) is 47.9 Å². The Labute approximate surface area is 175 Å². The number of ketones is 1. The Kier molecular flexibility index (Phi) is 6.41. The Bertz CT molecular complexity index is 1160. The summed E-state index contributed by atoms with van der Waals surface area (Å²) in [5.74, 6) is -0.147. The smallest absolute Gasteiger partial charge is 0.290 e. The van der Waals surface area contributed by atoms with Gasteiger partial charge in [-0.15, -0.1) is 11.3 Å². The molecule has 0 unspecified atom stereocenters. The molecule has 142 valence electrons. The van der Waals surface area contributed by atoms with Gasteiger partial charge in [-0.05, 0) is 52.4 Å². The first-order valence-electron chi connectivity index (χ1n) is 8.15. The summed E-state index contributed by atoms with van der Waals surface area (Å²) in [5, 5.41) is 1.61. The number of halogens is 1. The summed E-state index contributed by atoms with van der Waals surface area (Å²) in [4.78, 5) is 12.0. The zero-order valence-corrected chi connectivity index (χ0v) is 17.7. The second-order valence-corrected chi connectivity index (χ2v) is 9.20. The minimum atomic E-state index is -4.25. The standard InChI is InChI=1S/C21H15BrO4S2/c22-20-4-2-1-3-17(20)10-12-18(23)11-7-15-5-8-16(9-6-15)19-13-14-27-21(19)28(24,25)26/h1-14H,(H,24,25,26)/b11-7+,12-10+. The predicted octanol–water partition coefficient (Wildman–Crippen LogP) is 5.72. The second-order valence-electron chi connectivity index (χ2n) is 5.81. The van der Waals surface area contributed by atoms with Crippen molar-refractivity contribution in [3.8, 4) is 11.1 Å². The first kappa shape index (κ1) is 20.4. The summed E-state index contributed by atoms with van der Waals surface area (Å²) in [5.41, 5.74) is 2.84. The largest absolute Gasteiger partial charge is 0.304 e. The summed E-state index contributed by atoms with van der Waals surface area (Å²) >= 11 is 4.40. The van der Waals surface area contributed by atoms with Gasteiger partial charge in [-0.25, -0.2) is 0 Å². The van der Waals surface area contributed by atoms with E-state index >= 15 is 0 Å². The zero-order valence-electron chi connectivity index (χ0n) is 14.4. The van der Waals surface area contributed by atoms with E-state index in [4.69, 9.17) is 0 Å². The highest BCUT2D eigenvalue weighted by Gasteiger charge is 2.18. The van der Waals surface area contributed by atoms with E-state index in [0.29, 0.717) is 11.1 Å². The van der Waals surface area contributed by atoms with E-state index in [1.807, 2.05) is 24.3 Å². The van der Waals surface area contributed by atoms with Crippen molar-refractivity contribution in [1.29, 1.82) is 0 Å². The van der Waals surface area contributed by atoms with E-state index in [1.165, 1.54) is 12.2 Å². The number of carbonyl (C=O) groups excluding carboxylic acids is 1. The molecular weight excluding hydrogens is 460 g/mol. The van der Waals surface area contributed by atoms with Gasteiger partial charge in [-0.1, -0.05) is 64.5 Å². The van der Waals surface area contributed by atoms with Gasteiger partial charge in [-0.2, -0.15) is 8.42 Å². The molecule has 3 aromatic rings. The SMILES string of the molecule is O=C(/C=C/c1ccc(-c2ccsc2S(=O)(=O)O)cc1)/C=C/c1ccccc1Br. The van der Waals surface area contributed by atoms with Gasteiger partial charge in [0.2, 0.25) is 0 Å². The fourth-order valence-corrected chi connectivity index (χ4v) is 4.67. The number of benzene rings is 2. The minimum Gasteiger partial charge on any atom is -0.290 e. The van der Waals surface area contributed by atoms with Crippen LogP contribution >= 0.6 is 27.3 Å². The molecule has 0 amide bonds. The molecule has 4 nitrogen and oxygen atoms in total. The molecule has 3 rings (SSSR count). The summed E-state index contributed by atoms with van der Waals surface area (Å²) in [6.45, 7) is 0. The van der Waals surface area contributed by atoms with Crippen molar-refractivity contribution >= 4 is 55.3 Å². The molecule has 0 aliphatic heterocycles. The molecule has 0 aliphatic rings. The minimum absolute atomic E-state index is 0.0804. The average molecular weight is 475 g/mol. The van der Waals surface area contributed by atoms with Crippen molar-refractivity contribution in [2.75, 3.05) is 0 Å². The van der Waals surface area contributed by atoms with Gasteiger partial charge in [0, 0.05) is 10.0 Å². The summed E-state index contributed by atoms with van der Waals surface area (Å²) in [7, 11) is -4.25. The Morgan fingerprint density at radius 1 is 0.964 bits per heavy atom. The van der Waals surface area contributed by atoms with E-state index in [9.17, 15) is 17.8 Å². The maximum atomic E-state index is 12.0. The predicted molar refractivity (Wildman–Crippen MR) is 117 cm³/mol. The number of rotatable bonds is 6. The van der Waals surface area contributed by atoms with Gasteiger partial charge in [0.15, 0.2) is 9.99 Å². The molecule has 1 aromatic heterocycles. The van der Waals surface area contributed by atoms with Crippen LogP contribution < -0.4 is 0 Å². The molecule has 28 heavy (non-hydrogen) atoms. The lowest BCUT2D eigenvalue weighted by Gasteiger charge is -2.02. The summed E-state index contributed by atoms with van der Waals surface area (Å²) in [6, 6.07) is 16.3. The maximum absolute atomic E-state index is 12.0. The van der Waals surface area contributed by atoms with Crippen molar-refractivity contribution in [2.24, 2.45) is 0 Å². The molecule has 0 saturated heterocycles. The zero-order chi connectivity index (χ0) is 20.1. The van der Waals surface area contributed by atoms with E-state index < -0.39 is 10.1 Å². The van der Waals surface area contributed by atoms with Crippen molar-refractivity contribution in [3.05, 3.63) is 87.7 Å². The van der Waals surface area contributed by atoms with Crippen LogP contribution in [0.1, 0.15) is 11.1 Å². The monoisotopic (exact) mass is 474 g/mol. The van der Waals surface area contributed by atoms with Gasteiger partial charge >= 0.3 is 10.1 Å². The number of thiophene rings is 1. The third kappa shape index (κ3) is 5.14. The third-order valence-corrected chi connectivity index (χ3v) is 6.90. The van der Waals surface area contributed by atoms with Crippen LogP contribution in [0.25, 0.3) is 23.3 Å². The van der Waals surface area contributed by atoms with Crippen molar-refractivity contribution in [3.63, 3.8) is 0 Å². The Morgan fingerprint density at radius 3 is 2.32 bits per heavy atom. The lowest BCUT2D eigenvalue weighted by atomic mass is 10.1. The molecule has 7 heteroatoms. The molecule has 0 aliphatic carbocycles. The molecule has 1 heterocycles. The molecule has 0 radical (unpaired) electrons. The lowest BCUT2D eigenvalue weighted by molar-refractivity contribution is -0.110. The molecule has 0 atom stereocenters. The third-order valence-electron chi connectivity index (χ3n) is 3.86. The highest BCUT2D eigenvalue weighted by molar-refractivity contribution is 9.10. The van der Waals surface area contributed by atoms with Crippen LogP contribution in [0.5, 0.6) is 0 Å². The number of hydrogen-bond donors (Lipinski definition) is 1. The molecule has 0 saturated carbocycles. The number of hydrogen-bond acceptors (Lipinski definition) is 4. The average Bonchev–Trinajstić information content (AvgIpc) is 3.16. The first-order valence-corrected chi connectivity index (χ1v) is 11.3. The van der Waals surface area contributed by atoms with Crippen LogP contribution in [-0.4, -0.2) is 18.8 Å². The van der Waals surface area contributed by atoms with E-state index in [0.717, 1.165) is 26.9 Å². The molecule has 1 N–H and O–H groups in total. The van der Waals surface area contributed by atoms with Crippen LogP contribution in [0.15, 0.2) is 80.8 Å². The fourth-order valence-electron chi connectivity index (χ4n) is 2.50. The number of carbonyl (C=O) groups is 1. The highest BCUT2D eigenvalue weighted by Crippen LogP contribution is 2.32. The molecular formula is C21H15BrO4S2. The first-order chi connectivity index (χ1) is 13.3. The highest BCUT2D eigenvalue weighted by atomic mass is 79.9. The van der Waals surface area contributed by atoms with Crippen molar-refractivity contribution < 1.29 is 17.8 Å². The van der Waals surface area contributed by atoms with E-state index in [-0.39, 0.29) is 9.99 Å². The van der Waals surface area contributed by atoms with Gasteiger partial charge in [0.25, 0.3) is 0 Å². The summed E-state index contributed by atoms with van der Waals surface area (Å²) in [6.07, 6.45) is 6.40.